The number of hydrogen-bond donors (Lipinski definition) is 2. The van der Waals surface area contributed by atoms with Gasteiger partial charge in [0.25, 0.3) is 5.91 Å². The number of hydrazine groups is 1. The fraction of sp³-hybridized carbons (Fsp3) is 0.417. The second kappa shape index (κ2) is 6.22. The summed E-state index contributed by atoms with van der Waals surface area (Å²) in [6.45, 7) is 2.47. The molecule has 0 aliphatic rings. The van der Waals surface area contributed by atoms with E-state index in [4.69, 9.17) is 10.6 Å². The lowest BCUT2D eigenvalue weighted by molar-refractivity contribution is -0.125. The second-order valence-corrected chi connectivity index (χ2v) is 3.95. The molecule has 0 aliphatic heterocycles. The van der Waals surface area contributed by atoms with Crippen molar-refractivity contribution in [3.05, 3.63) is 29.8 Å². The van der Waals surface area contributed by atoms with Gasteiger partial charge in [0, 0.05) is 6.54 Å². The van der Waals surface area contributed by atoms with Crippen LogP contribution in [0.2, 0.25) is 0 Å². The molecule has 0 heterocycles. The standard InChI is InChI=1S/C12H19N3O2/c1-9(12(16)14-13)15(2)8-10-5-4-6-11(7-10)17-3/h4-7,9H,8,13H2,1-3H3,(H,14,16). The summed E-state index contributed by atoms with van der Waals surface area (Å²) >= 11 is 0. The predicted molar refractivity (Wildman–Crippen MR) is 66.3 cm³/mol. The molecule has 0 radical (unpaired) electrons. The van der Waals surface area contributed by atoms with Gasteiger partial charge in [0.05, 0.1) is 13.2 Å². The van der Waals surface area contributed by atoms with Gasteiger partial charge in [-0.2, -0.15) is 0 Å². The molecule has 0 aromatic heterocycles. The molecule has 1 aromatic rings. The van der Waals surface area contributed by atoms with E-state index in [0.717, 1.165) is 11.3 Å². The van der Waals surface area contributed by atoms with Crippen molar-refractivity contribution in [2.75, 3.05) is 14.2 Å². The third-order valence-electron chi connectivity index (χ3n) is 2.75. The zero-order valence-electron chi connectivity index (χ0n) is 10.4. The first-order valence-electron chi connectivity index (χ1n) is 5.42. The largest absolute Gasteiger partial charge is 0.497 e. The van der Waals surface area contributed by atoms with Gasteiger partial charge in [-0.25, -0.2) is 5.84 Å². The van der Waals surface area contributed by atoms with E-state index in [2.05, 4.69) is 5.43 Å². The Labute approximate surface area is 102 Å². The number of nitrogens with one attached hydrogen (secondary N) is 1. The van der Waals surface area contributed by atoms with Gasteiger partial charge in [-0.05, 0) is 31.7 Å². The maximum absolute atomic E-state index is 11.4. The SMILES string of the molecule is COc1cccc(CN(C)C(C)C(=O)NN)c1. The first-order chi connectivity index (χ1) is 8.08. The highest BCUT2D eigenvalue weighted by Gasteiger charge is 2.16. The molecule has 0 spiro atoms. The topological polar surface area (TPSA) is 67.6 Å². The number of amides is 1. The lowest BCUT2D eigenvalue weighted by Crippen LogP contribution is -2.45. The molecule has 1 amide bonds. The van der Waals surface area contributed by atoms with E-state index < -0.39 is 0 Å². The lowest BCUT2D eigenvalue weighted by atomic mass is 10.2. The van der Waals surface area contributed by atoms with E-state index in [-0.39, 0.29) is 11.9 Å². The van der Waals surface area contributed by atoms with Crippen LogP contribution in [-0.2, 0) is 11.3 Å². The summed E-state index contributed by atoms with van der Waals surface area (Å²) in [5.41, 5.74) is 3.24. The molecule has 0 fully saturated rings. The first kappa shape index (κ1) is 13.5. The van der Waals surface area contributed by atoms with Crippen LogP contribution < -0.4 is 16.0 Å². The molecule has 1 atom stereocenters. The van der Waals surface area contributed by atoms with Crippen molar-refractivity contribution in [1.82, 2.24) is 10.3 Å². The molecular weight excluding hydrogens is 218 g/mol. The minimum Gasteiger partial charge on any atom is -0.497 e. The van der Waals surface area contributed by atoms with Crippen molar-refractivity contribution in [3.63, 3.8) is 0 Å². The van der Waals surface area contributed by atoms with Gasteiger partial charge in [0.15, 0.2) is 0 Å². The number of carbonyl (C=O) groups excluding carboxylic acids is 1. The first-order valence-corrected chi connectivity index (χ1v) is 5.42. The monoisotopic (exact) mass is 237 g/mol. The molecule has 0 saturated heterocycles. The Bertz CT molecular complexity index is 382. The number of nitrogens with two attached hydrogens (primary N) is 1. The van der Waals surface area contributed by atoms with Crippen LogP contribution in [0.15, 0.2) is 24.3 Å². The Balaban J connectivity index is 2.66. The van der Waals surface area contributed by atoms with Crippen molar-refractivity contribution in [3.8, 4) is 5.75 Å². The lowest BCUT2D eigenvalue weighted by Gasteiger charge is -2.23. The van der Waals surface area contributed by atoms with Crippen molar-refractivity contribution >= 4 is 5.91 Å². The van der Waals surface area contributed by atoms with Crippen LogP contribution in [0.4, 0.5) is 0 Å². The Morgan fingerprint density at radius 3 is 2.88 bits per heavy atom. The summed E-state index contributed by atoms with van der Waals surface area (Å²) in [7, 11) is 3.51. The number of methoxy groups -OCH3 is 1. The summed E-state index contributed by atoms with van der Waals surface area (Å²) in [5.74, 6) is 5.72. The van der Waals surface area contributed by atoms with Crippen molar-refractivity contribution < 1.29 is 9.53 Å². The molecule has 1 rings (SSSR count). The number of carbonyl (C=O) groups is 1. The van der Waals surface area contributed by atoms with Crippen LogP contribution in [0.1, 0.15) is 12.5 Å². The molecule has 5 heteroatoms. The number of rotatable bonds is 5. The van der Waals surface area contributed by atoms with Gasteiger partial charge in [-0.1, -0.05) is 12.1 Å². The van der Waals surface area contributed by atoms with Gasteiger partial charge in [0.1, 0.15) is 5.75 Å². The highest BCUT2D eigenvalue weighted by molar-refractivity contribution is 5.80. The van der Waals surface area contributed by atoms with Crippen molar-refractivity contribution in [1.29, 1.82) is 0 Å². The summed E-state index contributed by atoms with van der Waals surface area (Å²) in [6, 6.07) is 7.48. The normalized spacial score (nSPS) is 12.3. The van der Waals surface area contributed by atoms with Crippen LogP contribution in [0.5, 0.6) is 5.75 Å². The number of nitrogens with zero attached hydrogens (tertiary/aromatic N) is 1. The quantitative estimate of drug-likeness (QED) is 0.445. The summed E-state index contributed by atoms with van der Waals surface area (Å²) in [4.78, 5) is 13.3. The van der Waals surface area contributed by atoms with E-state index >= 15 is 0 Å². The van der Waals surface area contributed by atoms with Crippen LogP contribution in [0, 0.1) is 0 Å². The third-order valence-corrected chi connectivity index (χ3v) is 2.75. The Hall–Kier alpha value is -1.59. The molecular formula is C12H19N3O2. The maximum Gasteiger partial charge on any atom is 0.250 e. The minimum absolute atomic E-state index is 0.199. The highest BCUT2D eigenvalue weighted by atomic mass is 16.5. The molecule has 1 aromatic carbocycles. The van der Waals surface area contributed by atoms with Gasteiger partial charge in [-0.3, -0.25) is 15.1 Å². The summed E-state index contributed by atoms with van der Waals surface area (Å²) in [6.07, 6.45) is 0. The van der Waals surface area contributed by atoms with Crippen LogP contribution in [-0.4, -0.2) is 31.0 Å². The fourth-order valence-electron chi connectivity index (χ4n) is 1.52. The molecule has 5 nitrogen and oxygen atoms in total. The zero-order valence-corrected chi connectivity index (χ0v) is 10.4. The molecule has 0 saturated carbocycles. The van der Waals surface area contributed by atoms with Crippen LogP contribution in [0.3, 0.4) is 0 Å². The van der Waals surface area contributed by atoms with Crippen LogP contribution in [0.25, 0.3) is 0 Å². The van der Waals surface area contributed by atoms with E-state index in [9.17, 15) is 4.79 Å². The van der Waals surface area contributed by atoms with E-state index in [1.54, 1.807) is 7.11 Å². The molecule has 0 bridgehead atoms. The van der Waals surface area contributed by atoms with Gasteiger partial charge < -0.3 is 4.74 Å². The minimum atomic E-state index is -0.272. The number of hydrogen-bond acceptors (Lipinski definition) is 4. The highest BCUT2D eigenvalue weighted by Crippen LogP contribution is 2.14. The van der Waals surface area contributed by atoms with E-state index in [1.165, 1.54) is 0 Å². The Morgan fingerprint density at radius 2 is 2.29 bits per heavy atom. The van der Waals surface area contributed by atoms with Gasteiger partial charge >= 0.3 is 0 Å². The number of likely N-dealkylation sites (N-methyl/N-ethyl adjacent to an activating group) is 1. The average molecular weight is 237 g/mol. The second-order valence-electron chi connectivity index (χ2n) is 3.95. The van der Waals surface area contributed by atoms with E-state index in [0.29, 0.717) is 6.54 Å². The molecule has 94 valence electrons. The third kappa shape index (κ3) is 3.72. The van der Waals surface area contributed by atoms with Gasteiger partial charge in [0.2, 0.25) is 0 Å². The predicted octanol–water partition coefficient (Wildman–Crippen LogP) is 0.505. The molecule has 3 N–H and O–H groups in total. The fourth-order valence-corrected chi connectivity index (χ4v) is 1.52. The number of benzene rings is 1. The molecule has 1 unspecified atom stereocenters. The van der Waals surface area contributed by atoms with Crippen LogP contribution >= 0.6 is 0 Å². The van der Waals surface area contributed by atoms with Crippen molar-refractivity contribution in [2.45, 2.75) is 19.5 Å². The Kier molecular flexibility index (Phi) is 4.93. The molecule has 0 aliphatic carbocycles. The molecule has 17 heavy (non-hydrogen) atoms. The Morgan fingerprint density at radius 1 is 1.59 bits per heavy atom. The zero-order chi connectivity index (χ0) is 12.8. The number of ether oxygens (including phenoxy) is 1. The average Bonchev–Trinajstić information content (AvgIpc) is 2.37. The van der Waals surface area contributed by atoms with Gasteiger partial charge in [-0.15, -0.1) is 0 Å². The smallest absolute Gasteiger partial charge is 0.250 e. The van der Waals surface area contributed by atoms with Crippen molar-refractivity contribution in [2.24, 2.45) is 5.84 Å². The summed E-state index contributed by atoms with van der Waals surface area (Å²) in [5, 5.41) is 0. The maximum atomic E-state index is 11.4. The summed E-state index contributed by atoms with van der Waals surface area (Å²) < 4.78 is 5.15. The van der Waals surface area contributed by atoms with E-state index in [1.807, 2.05) is 43.1 Å².